The summed E-state index contributed by atoms with van der Waals surface area (Å²) in [5, 5.41) is 3.97. The molecule has 0 unspecified atom stereocenters. The topological polar surface area (TPSA) is 148 Å². The second-order valence-corrected chi connectivity index (χ2v) is 16.2. The maximum Gasteiger partial charge on any atom is 0.307 e. The molecule has 222 valence electrons. The maximum atomic E-state index is 13.3. The lowest BCUT2D eigenvalue weighted by Crippen LogP contribution is -2.41. The van der Waals surface area contributed by atoms with E-state index in [-0.39, 0.29) is 28.3 Å². The average Bonchev–Trinajstić information content (AvgIpc) is 3.32. The lowest BCUT2D eigenvalue weighted by atomic mass is 9.85. The van der Waals surface area contributed by atoms with Crippen molar-refractivity contribution in [2.45, 2.75) is 88.6 Å². The highest BCUT2D eigenvalue weighted by Crippen LogP contribution is 2.37. The summed E-state index contributed by atoms with van der Waals surface area (Å²) in [5.74, 6) is 0.381. The summed E-state index contributed by atoms with van der Waals surface area (Å²) < 4.78 is 59.1. The van der Waals surface area contributed by atoms with Crippen LogP contribution >= 0.6 is 0 Å². The van der Waals surface area contributed by atoms with Crippen molar-refractivity contribution in [2.75, 3.05) is 11.5 Å². The second-order valence-electron chi connectivity index (χ2n) is 12.3. The van der Waals surface area contributed by atoms with Crippen molar-refractivity contribution in [1.82, 2.24) is 20.0 Å². The first-order valence-corrected chi connectivity index (χ1v) is 17.5. The zero-order valence-corrected chi connectivity index (χ0v) is 25.4. The largest absolute Gasteiger partial charge is 0.432 e. The van der Waals surface area contributed by atoms with Crippen LogP contribution in [0.15, 0.2) is 39.9 Å². The molecular weight excluding hydrogens is 564 g/mol. The van der Waals surface area contributed by atoms with E-state index >= 15 is 0 Å². The van der Waals surface area contributed by atoms with E-state index in [1.54, 1.807) is 45.2 Å². The van der Waals surface area contributed by atoms with Crippen molar-refractivity contribution >= 4 is 36.5 Å². The summed E-state index contributed by atoms with van der Waals surface area (Å²) in [7, 11) is -6.91. The van der Waals surface area contributed by atoms with Crippen molar-refractivity contribution in [3.8, 4) is 11.3 Å². The molecule has 1 saturated heterocycles. The molecule has 0 spiro atoms. The molecule has 2 fully saturated rings. The Labute approximate surface area is 241 Å². The molecule has 10 nitrogen and oxygen atoms in total. The van der Waals surface area contributed by atoms with Crippen molar-refractivity contribution in [3.05, 3.63) is 42.2 Å². The Hall–Kier alpha value is -2.83. The van der Waals surface area contributed by atoms with Crippen molar-refractivity contribution in [1.29, 1.82) is 0 Å². The van der Waals surface area contributed by atoms with Gasteiger partial charge in [-0.2, -0.15) is 0 Å². The Morgan fingerprint density at radius 2 is 1.73 bits per heavy atom. The zero-order valence-electron chi connectivity index (χ0n) is 23.8. The number of sulfonamides is 1. The van der Waals surface area contributed by atoms with E-state index in [1.807, 2.05) is 0 Å². The van der Waals surface area contributed by atoms with E-state index in [9.17, 15) is 21.6 Å². The number of carbonyl (C=O) groups is 1. The van der Waals surface area contributed by atoms with Crippen molar-refractivity contribution in [2.24, 2.45) is 5.92 Å². The standard InChI is InChI=1S/C29H38N4O6S2/c1-29(2,3)33-41(37,38)25-10-9-22(21-11-14-30-18-23(21)25)26-24(17-19-7-5-4-6-8-19)32-28(39-26)27(34)31-20-12-15-40(35,36)16-13-20/h9-11,14,18-20,33H,4-8,12-13,15-17H2,1-3H3,(H,31,34). The minimum Gasteiger partial charge on any atom is -0.432 e. The third-order valence-corrected chi connectivity index (χ3v) is 11.3. The smallest absolute Gasteiger partial charge is 0.307 e. The highest BCUT2D eigenvalue weighted by molar-refractivity contribution is 7.91. The fourth-order valence-corrected chi connectivity index (χ4v) is 8.91. The van der Waals surface area contributed by atoms with E-state index in [4.69, 9.17) is 4.42 Å². The maximum absolute atomic E-state index is 13.3. The fourth-order valence-electron chi connectivity index (χ4n) is 5.80. The first kappa shape index (κ1) is 29.7. The monoisotopic (exact) mass is 602 g/mol. The van der Waals surface area contributed by atoms with E-state index in [1.165, 1.54) is 12.6 Å². The van der Waals surface area contributed by atoms with Gasteiger partial charge in [0.2, 0.25) is 10.0 Å². The Morgan fingerprint density at radius 1 is 1.02 bits per heavy atom. The Kier molecular flexibility index (Phi) is 8.28. The molecule has 2 aromatic heterocycles. The SMILES string of the molecule is CC(C)(C)NS(=O)(=O)c1ccc(-c2oc(C(=O)NC3CCS(=O)(=O)CC3)nc2CC2CCCCC2)c2ccncc12. The van der Waals surface area contributed by atoms with Crippen LogP contribution in [0, 0.1) is 5.92 Å². The molecule has 0 radical (unpaired) electrons. The number of pyridine rings is 1. The second kappa shape index (κ2) is 11.4. The molecule has 1 aromatic carbocycles. The van der Waals surface area contributed by atoms with Gasteiger partial charge in [-0.1, -0.05) is 32.1 Å². The van der Waals surface area contributed by atoms with E-state index in [0.29, 0.717) is 53.0 Å². The Bertz CT molecular complexity index is 1640. The quantitative estimate of drug-likeness (QED) is 0.404. The third kappa shape index (κ3) is 6.98. The van der Waals surface area contributed by atoms with E-state index in [2.05, 4.69) is 20.0 Å². The van der Waals surface area contributed by atoms with Gasteiger partial charge in [-0.15, -0.1) is 0 Å². The average molecular weight is 603 g/mol. The van der Waals surface area contributed by atoms with Crippen LogP contribution < -0.4 is 10.0 Å². The highest BCUT2D eigenvalue weighted by atomic mass is 32.2. The van der Waals surface area contributed by atoms with Gasteiger partial charge in [0.25, 0.3) is 5.89 Å². The molecule has 3 heterocycles. The number of hydrogen-bond donors (Lipinski definition) is 2. The third-order valence-electron chi connectivity index (χ3n) is 7.74. The molecular formula is C29H38N4O6S2. The predicted molar refractivity (Wildman–Crippen MR) is 157 cm³/mol. The summed E-state index contributed by atoms with van der Waals surface area (Å²) >= 11 is 0. The van der Waals surface area contributed by atoms with Gasteiger partial charge in [-0.25, -0.2) is 26.5 Å². The molecule has 2 aliphatic rings. The van der Waals surface area contributed by atoms with Crippen LogP contribution in [0.1, 0.15) is 82.1 Å². The molecule has 1 amide bonds. The molecule has 1 aliphatic heterocycles. The Morgan fingerprint density at radius 3 is 2.41 bits per heavy atom. The summed E-state index contributed by atoms with van der Waals surface area (Å²) in [4.78, 5) is 22.2. The normalized spacial score (nSPS) is 18.9. The summed E-state index contributed by atoms with van der Waals surface area (Å²) in [6.45, 7) is 5.35. The number of carbonyl (C=O) groups excluding carboxylic acids is 1. The minimum atomic E-state index is -3.85. The van der Waals surface area contributed by atoms with Crippen LogP contribution in [0.5, 0.6) is 0 Å². The lowest BCUT2D eigenvalue weighted by Gasteiger charge is -2.22. The number of amides is 1. The van der Waals surface area contributed by atoms with Gasteiger partial charge in [0.05, 0.1) is 22.1 Å². The number of hydrogen-bond acceptors (Lipinski definition) is 8. The first-order chi connectivity index (χ1) is 19.3. The van der Waals surface area contributed by atoms with Crippen molar-refractivity contribution < 1.29 is 26.0 Å². The number of fused-ring (bicyclic) bond motifs is 1. The van der Waals surface area contributed by atoms with Gasteiger partial charge in [-0.3, -0.25) is 9.78 Å². The number of nitrogens with one attached hydrogen (secondary N) is 2. The lowest BCUT2D eigenvalue weighted by molar-refractivity contribution is 0.0900. The van der Waals surface area contributed by atoms with Crippen LogP contribution in [-0.4, -0.2) is 55.8 Å². The van der Waals surface area contributed by atoms with Crippen LogP contribution in [-0.2, 0) is 26.3 Å². The van der Waals surface area contributed by atoms with Crippen molar-refractivity contribution in [3.63, 3.8) is 0 Å². The Balaban J connectivity index is 1.54. The van der Waals surface area contributed by atoms with Crippen LogP contribution in [0.2, 0.25) is 0 Å². The first-order valence-electron chi connectivity index (χ1n) is 14.2. The number of rotatable bonds is 7. The van der Waals surface area contributed by atoms with Gasteiger partial charge < -0.3 is 9.73 Å². The molecule has 5 rings (SSSR count). The number of oxazole rings is 1. The molecule has 12 heteroatoms. The number of nitrogens with zero attached hydrogens (tertiary/aromatic N) is 2. The van der Waals surface area contributed by atoms with Gasteiger partial charge in [-0.05, 0) is 69.5 Å². The van der Waals surface area contributed by atoms with Crippen LogP contribution in [0.25, 0.3) is 22.1 Å². The number of benzene rings is 1. The van der Waals surface area contributed by atoms with Gasteiger partial charge >= 0.3 is 5.91 Å². The molecule has 41 heavy (non-hydrogen) atoms. The van der Waals surface area contributed by atoms with Gasteiger partial charge in [0, 0.05) is 34.9 Å². The molecule has 2 N–H and O–H groups in total. The van der Waals surface area contributed by atoms with Gasteiger partial charge in [0.1, 0.15) is 9.84 Å². The molecule has 3 aromatic rings. The predicted octanol–water partition coefficient (Wildman–Crippen LogP) is 4.40. The summed E-state index contributed by atoms with van der Waals surface area (Å²) in [6, 6.07) is 4.73. The van der Waals surface area contributed by atoms with Crippen LogP contribution in [0.3, 0.4) is 0 Å². The summed E-state index contributed by atoms with van der Waals surface area (Å²) in [6.07, 6.45) is 10.1. The highest BCUT2D eigenvalue weighted by Gasteiger charge is 2.30. The van der Waals surface area contributed by atoms with Gasteiger partial charge in [0.15, 0.2) is 5.76 Å². The molecule has 1 saturated carbocycles. The molecule has 0 atom stereocenters. The summed E-state index contributed by atoms with van der Waals surface area (Å²) in [5.41, 5.74) is 0.627. The number of aromatic nitrogens is 2. The molecule has 0 bridgehead atoms. The minimum absolute atomic E-state index is 0.0427. The van der Waals surface area contributed by atoms with E-state index in [0.717, 1.165) is 25.7 Å². The zero-order chi connectivity index (χ0) is 29.4. The molecule has 1 aliphatic carbocycles. The fraction of sp³-hybridized carbons (Fsp3) is 0.552. The number of sulfone groups is 1. The van der Waals surface area contributed by atoms with Crippen LogP contribution in [0.4, 0.5) is 0 Å². The van der Waals surface area contributed by atoms with E-state index < -0.39 is 31.3 Å².